The number of rotatable bonds is 6. The van der Waals surface area contributed by atoms with Crippen LogP contribution in [0.4, 0.5) is 17.1 Å². The first kappa shape index (κ1) is 31.6. The van der Waals surface area contributed by atoms with Gasteiger partial charge in [0.2, 0.25) is 0 Å². The predicted octanol–water partition coefficient (Wildman–Crippen LogP) is 15.6. The number of thiophene rings is 1. The topological polar surface area (TPSA) is 16.4 Å². The Morgan fingerprint density at radius 2 is 0.927 bits per heavy atom. The molecule has 0 atom stereocenters. The lowest BCUT2D eigenvalue weighted by Gasteiger charge is -2.27. The minimum absolute atomic E-state index is 0.902. The van der Waals surface area contributed by atoms with Gasteiger partial charge in [0.1, 0.15) is 11.2 Å². The van der Waals surface area contributed by atoms with Gasteiger partial charge in [0.05, 0.1) is 5.69 Å². The predicted molar refractivity (Wildman–Crippen MR) is 235 cm³/mol. The van der Waals surface area contributed by atoms with Gasteiger partial charge in [0.15, 0.2) is 0 Å². The van der Waals surface area contributed by atoms with Gasteiger partial charge < -0.3 is 9.32 Å². The lowest BCUT2D eigenvalue weighted by molar-refractivity contribution is 0.669. The molecule has 55 heavy (non-hydrogen) atoms. The minimum atomic E-state index is 0.902. The molecule has 0 radical (unpaired) electrons. The van der Waals surface area contributed by atoms with E-state index in [4.69, 9.17) is 4.42 Å². The SMILES string of the molecule is c1ccc(-c2ccc(-c3ccc(N(c4ccc5c(c4)c(-c4ccccc4)cc4oc6ccccc6c45)c4cccc5sc6ccccc6c45)cc3)cc2)cc1. The van der Waals surface area contributed by atoms with Gasteiger partial charge in [-0.1, -0.05) is 146 Å². The zero-order valence-corrected chi connectivity index (χ0v) is 30.6. The lowest BCUT2D eigenvalue weighted by atomic mass is 9.94. The summed E-state index contributed by atoms with van der Waals surface area (Å²) in [6.07, 6.45) is 0. The summed E-state index contributed by atoms with van der Waals surface area (Å²) in [7, 11) is 0. The van der Waals surface area contributed by atoms with E-state index in [1.54, 1.807) is 0 Å². The van der Waals surface area contributed by atoms with Crippen molar-refractivity contribution >= 4 is 81.3 Å². The molecule has 9 aromatic carbocycles. The molecule has 0 aliphatic heterocycles. The Hall–Kier alpha value is -6.94. The number of fused-ring (bicyclic) bond motifs is 8. The molecule has 0 N–H and O–H groups in total. The van der Waals surface area contributed by atoms with Crippen LogP contribution in [0.3, 0.4) is 0 Å². The van der Waals surface area contributed by atoms with Crippen LogP contribution in [0, 0.1) is 0 Å². The van der Waals surface area contributed by atoms with Crippen LogP contribution in [-0.2, 0) is 0 Å². The Morgan fingerprint density at radius 3 is 1.67 bits per heavy atom. The van der Waals surface area contributed by atoms with Gasteiger partial charge in [-0.3, -0.25) is 0 Å². The molecular formula is C52H33NOS. The fraction of sp³-hybridized carbons (Fsp3) is 0. The molecule has 0 saturated heterocycles. The van der Waals surface area contributed by atoms with Gasteiger partial charge in [-0.2, -0.15) is 0 Å². The van der Waals surface area contributed by atoms with E-state index in [-0.39, 0.29) is 0 Å². The Balaban J connectivity index is 1.12. The maximum atomic E-state index is 6.49. The number of para-hydroxylation sites is 1. The van der Waals surface area contributed by atoms with Crippen molar-refractivity contribution in [3.8, 4) is 33.4 Å². The van der Waals surface area contributed by atoms with E-state index in [9.17, 15) is 0 Å². The maximum absolute atomic E-state index is 6.49. The fourth-order valence-electron chi connectivity index (χ4n) is 8.28. The zero-order chi connectivity index (χ0) is 36.3. The average Bonchev–Trinajstić information content (AvgIpc) is 3.83. The molecule has 2 heterocycles. The quantitative estimate of drug-likeness (QED) is 0.170. The fourth-order valence-corrected chi connectivity index (χ4v) is 9.41. The summed E-state index contributed by atoms with van der Waals surface area (Å²) in [6.45, 7) is 0. The van der Waals surface area contributed by atoms with Gasteiger partial charge in [0, 0.05) is 42.3 Å². The van der Waals surface area contributed by atoms with Crippen LogP contribution in [0.2, 0.25) is 0 Å². The number of hydrogen-bond donors (Lipinski definition) is 0. The van der Waals surface area contributed by atoms with Crippen molar-refractivity contribution in [2.24, 2.45) is 0 Å². The Kier molecular flexibility index (Phi) is 7.39. The molecule has 0 aliphatic carbocycles. The van der Waals surface area contributed by atoms with Gasteiger partial charge in [-0.15, -0.1) is 11.3 Å². The van der Waals surface area contributed by atoms with Crippen LogP contribution in [0.25, 0.3) is 86.3 Å². The molecule has 2 aromatic heterocycles. The van der Waals surface area contributed by atoms with Crippen molar-refractivity contribution in [2.75, 3.05) is 4.90 Å². The number of furan rings is 1. The molecule has 2 nitrogen and oxygen atoms in total. The molecule has 0 unspecified atom stereocenters. The monoisotopic (exact) mass is 719 g/mol. The third-order valence-electron chi connectivity index (χ3n) is 10.9. The van der Waals surface area contributed by atoms with Crippen LogP contribution >= 0.6 is 11.3 Å². The van der Waals surface area contributed by atoms with Crippen molar-refractivity contribution < 1.29 is 4.42 Å². The van der Waals surface area contributed by atoms with Crippen molar-refractivity contribution in [1.29, 1.82) is 0 Å². The number of nitrogens with zero attached hydrogens (tertiary/aromatic N) is 1. The lowest BCUT2D eigenvalue weighted by Crippen LogP contribution is -2.10. The smallest absolute Gasteiger partial charge is 0.136 e. The van der Waals surface area contributed by atoms with E-state index in [0.717, 1.165) is 50.1 Å². The zero-order valence-electron chi connectivity index (χ0n) is 29.8. The second-order valence-corrected chi connectivity index (χ2v) is 15.1. The molecule has 0 aliphatic rings. The molecule has 0 bridgehead atoms. The van der Waals surface area contributed by atoms with E-state index in [1.165, 1.54) is 53.2 Å². The molecule has 0 amide bonds. The first-order chi connectivity index (χ1) is 27.3. The second-order valence-electron chi connectivity index (χ2n) is 14.1. The van der Waals surface area contributed by atoms with Crippen LogP contribution in [-0.4, -0.2) is 0 Å². The summed E-state index contributed by atoms with van der Waals surface area (Å²) in [5.41, 5.74) is 12.3. The standard InChI is InChI=1S/C52H33NOS/c1-3-12-34(13-4-1)35-22-24-36(25-23-35)37-26-28-39(29-27-37)53(46-18-11-21-50-52(46)43-17-8-10-20-49(43)55-50)40-30-31-41-45(32-40)44(38-14-5-2-6-15-38)33-48-51(41)42-16-7-9-19-47(42)54-48/h1-33H. The highest BCUT2D eigenvalue weighted by Crippen LogP contribution is 2.47. The summed E-state index contributed by atoms with van der Waals surface area (Å²) in [6, 6.07) is 72.2. The summed E-state index contributed by atoms with van der Waals surface area (Å²) in [5, 5.41) is 7.19. The third-order valence-corrected chi connectivity index (χ3v) is 12.0. The Morgan fingerprint density at radius 1 is 0.345 bits per heavy atom. The summed E-state index contributed by atoms with van der Waals surface area (Å²) in [4.78, 5) is 2.44. The average molecular weight is 720 g/mol. The Bertz CT molecular complexity index is 3180. The minimum Gasteiger partial charge on any atom is -0.456 e. The van der Waals surface area contributed by atoms with Crippen LogP contribution < -0.4 is 4.90 Å². The molecular weight excluding hydrogens is 687 g/mol. The van der Waals surface area contributed by atoms with Gasteiger partial charge in [-0.25, -0.2) is 0 Å². The largest absolute Gasteiger partial charge is 0.456 e. The normalized spacial score (nSPS) is 11.6. The third kappa shape index (κ3) is 5.32. The number of hydrogen-bond acceptors (Lipinski definition) is 3. The molecule has 0 fully saturated rings. The van der Waals surface area contributed by atoms with Crippen LogP contribution in [0.15, 0.2) is 205 Å². The highest BCUT2D eigenvalue weighted by Gasteiger charge is 2.21. The number of benzene rings is 9. The van der Waals surface area contributed by atoms with Crippen molar-refractivity contribution in [3.63, 3.8) is 0 Å². The molecule has 258 valence electrons. The summed E-state index contributed by atoms with van der Waals surface area (Å²) >= 11 is 1.85. The highest BCUT2D eigenvalue weighted by atomic mass is 32.1. The molecule has 0 spiro atoms. The van der Waals surface area contributed by atoms with E-state index in [2.05, 4.69) is 199 Å². The van der Waals surface area contributed by atoms with Gasteiger partial charge in [0.25, 0.3) is 0 Å². The first-order valence-corrected chi connectivity index (χ1v) is 19.5. The second kappa shape index (κ2) is 12.9. The van der Waals surface area contributed by atoms with E-state index >= 15 is 0 Å². The number of anilines is 3. The van der Waals surface area contributed by atoms with Crippen molar-refractivity contribution in [2.45, 2.75) is 0 Å². The molecule has 11 rings (SSSR count). The Labute approximate surface area is 322 Å². The van der Waals surface area contributed by atoms with E-state index < -0.39 is 0 Å². The first-order valence-electron chi connectivity index (χ1n) is 18.7. The molecule has 11 aromatic rings. The van der Waals surface area contributed by atoms with Crippen molar-refractivity contribution in [1.82, 2.24) is 0 Å². The maximum Gasteiger partial charge on any atom is 0.136 e. The van der Waals surface area contributed by atoms with E-state index in [0.29, 0.717) is 0 Å². The molecule has 3 heteroatoms. The summed E-state index contributed by atoms with van der Waals surface area (Å²) in [5.74, 6) is 0. The highest BCUT2D eigenvalue weighted by molar-refractivity contribution is 7.26. The van der Waals surface area contributed by atoms with Crippen LogP contribution in [0.1, 0.15) is 0 Å². The van der Waals surface area contributed by atoms with Crippen LogP contribution in [0.5, 0.6) is 0 Å². The van der Waals surface area contributed by atoms with E-state index in [1.807, 2.05) is 17.4 Å². The van der Waals surface area contributed by atoms with Gasteiger partial charge in [-0.05, 0) is 98.8 Å². The van der Waals surface area contributed by atoms with Gasteiger partial charge >= 0.3 is 0 Å². The summed E-state index contributed by atoms with van der Waals surface area (Å²) < 4.78 is 9.05. The van der Waals surface area contributed by atoms with Crippen molar-refractivity contribution in [3.05, 3.63) is 200 Å². The molecule has 0 saturated carbocycles.